The van der Waals surface area contributed by atoms with Crippen LogP contribution < -0.4 is 10.1 Å². The molecule has 2 aliphatic rings. The second-order valence-corrected chi connectivity index (χ2v) is 6.23. The Hall–Kier alpha value is -2.04. The molecule has 0 aliphatic carbocycles. The smallest absolute Gasteiger partial charge is 0.124 e. The number of nitrogens with zero attached hydrogens (tertiary/aromatic N) is 1. The van der Waals surface area contributed by atoms with Gasteiger partial charge < -0.3 is 14.8 Å². The minimum Gasteiger partial charge on any atom is -0.488 e. The Morgan fingerprint density at radius 3 is 2.72 bits per heavy atom. The summed E-state index contributed by atoms with van der Waals surface area (Å²) in [4.78, 5) is 2.27. The van der Waals surface area contributed by atoms with Gasteiger partial charge in [0.15, 0.2) is 0 Å². The zero-order valence-corrected chi connectivity index (χ0v) is 15.2. The van der Waals surface area contributed by atoms with Crippen LogP contribution in [0.3, 0.4) is 0 Å². The lowest BCUT2D eigenvalue weighted by Crippen LogP contribution is -2.54. The Kier molecular flexibility index (Phi) is 6.31. The molecule has 136 valence electrons. The maximum Gasteiger partial charge on any atom is 0.124 e. The molecule has 1 saturated heterocycles. The van der Waals surface area contributed by atoms with E-state index in [1.165, 1.54) is 16.8 Å². The number of ether oxygens (including phenoxy) is 2. The number of hydrogen-bond acceptors (Lipinski definition) is 4. The van der Waals surface area contributed by atoms with E-state index in [-0.39, 0.29) is 7.53 Å². The summed E-state index contributed by atoms with van der Waals surface area (Å²) in [7, 11) is 0. The Balaban J connectivity index is 0.000000784. The predicted octanol–water partition coefficient (Wildman–Crippen LogP) is 4.16. The fourth-order valence-electron chi connectivity index (χ4n) is 3.12. The molecule has 0 spiro atoms. The highest BCUT2D eigenvalue weighted by Crippen LogP contribution is 2.28. The number of nitrogens with one attached hydrogen (secondary N) is 1. The minimum atomic E-state index is 0. The SMILES string of the molecule is CC.[HH].c1ccc(COCN2CC(Oc3ccc4c(c3)CCN4)C2)cc1. The Bertz CT molecular complexity index is 660. The van der Waals surface area contributed by atoms with E-state index in [4.69, 9.17) is 9.47 Å². The van der Waals surface area contributed by atoms with Crippen LogP contribution in [0.15, 0.2) is 48.5 Å². The van der Waals surface area contributed by atoms with E-state index in [1.807, 2.05) is 32.0 Å². The quantitative estimate of drug-likeness (QED) is 0.854. The van der Waals surface area contributed by atoms with Gasteiger partial charge in [0.25, 0.3) is 0 Å². The molecule has 0 saturated carbocycles. The van der Waals surface area contributed by atoms with Crippen molar-refractivity contribution in [3.05, 3.63) is 59.7 Å². The third-order valence-corrected chi connectivity index (χ3v) is 4.40. The standard InChI is InChI=1S/C19H22N2O2.C2H6.H2/c1-2-4-15(5-3-1)13-22-14-21-11-18(12-21)23-17-6-7-19-16(10-17)8-9-20-19;1-2;/h1-7,10,18,20H,8-9,11-14H2;1-2H3;1H. The van der Waals surface area contributed by atoms with Crippen molar-refractivity contribution in [1.29, 1.82) is 0 Å². The molecule has 1 N–H and O–H groups in total. The summed E-state index contributed by atoms with van der Waals surface area (Å²) >= 11 is 0. The molecule has 1 fully saturated rings. The zero-order chi connectivity index (χ0) is 17.5. The largest absolute Gasteiger partial charge is 0.488 e. The molecule has 0 bridgehead atoms. The molecule has 0 radical (unpaired) electrons. The minimum absolute atomic E-state index is 0. The number of fused-ring (bicyclic) bond motifs is 1. The van der Waals surface area contributed by atoms with Crippen LogP contribution in [0.4, 0.5) is 5.69 Å². The molecule has 0 aromatic heterocycles. The first-order valence-electron chi connectivity index (χ1n) is 9.24. The molecule has 4 rings (SSSR count). The van der Waals surface area contributed by atoms with Gasteiger partial charge in [-0.1, -0.05) is 44.2 Å². The van der Waals surface area contributed by atoms with Gasteiger partial charge in [-0.15, -0.1) is 0 Å². The maximum absolute atomic E-state index is 6.05. The number of hydrogen-bond donors (Lipinski definition) is 1. The molecule has 0 atom stereocenters. The molecular weight excluding hydrogens is 312 g/mol. The van der Waals surface area contributed by atoms with Gasteiger partial charge in [-0.2, -0.15) is 0 Å². The van der Waals surface area contributed by atoms with Crippen molar-refractivity contribution in [2.24, 2.45) is 0 Å². The number of likely N-dealkylation sites (tertiary alicyclic amines) is 1. The Morgan fingerprint density at radius 1 is 1.12 bits per heavy atom. The number of anilines is 1. The van der Waals surface area contributed by atoms with Crippen molar-refractivity contribution in [3.63, 3.8) is 0 Å². The molecule has 25 heavy (non-hydrogen) atoms. The first-order valence-corrected chi connectivity index (χ1v) is 9.24. The van der Waals surface area contributed by atoms with Crippen LogP contribution in [0.25, 0.3) is 0 Å². The first kappa shape index (κ1) is 17.8. The molecule has 2 aromatic carbocycles. The molecule has 2 aromatic rings. The first-order chi connectivity index (χ1) is 12.4. The van der Waals surface area contributed by atoms with Crippen LogP contribution in [-0.4, -0.2) is 37.4 Å². The molecule has 4 nitrogen and oxygen atoms in total. The Labute approximate surface area is 152 Å². The highest BCUT2D eigenvalue weighted by Gasteiger charge is 2.28. The molecule has 4 heteroatoms. The van der Waals surface area contributed by atoms with Crippen LogP contribution in [0.5, 0.6) is 5.75 Å². The second kappa shape index (κ2) is 8.88. The highest BCUT2D eigenvalue weighted by molar-refractivity contribution is 5.57. The highest BCUT2D eigenvalue weighted by atomic mass is 16.5. The van der Waals surface area contributed by atoms with Crippen molar-refractivity contribution in [2.45, 2.75) is 33.0 Å². The van der Waals surface area contributed by atoms with Crippen LogP contribution >= 0.6 is 0 Å². The maximum atomic E-state index is 6.05. The normalized spacial score (nSPS) is 16.2. The molecule has 0 amide bonds. The average molecular weight is 342 g/mol. The van der Waals surface area contributed by atoms with Crippen LogP contribution in [0.2, 0.25) is 0 Å². The van der Waals surface area contributed by atoms with Crippen molar-refractivity contribution < 1.29 is 10.9 Å². The van der Waals surface area contributed by atoms with E-state index in [1.54, 1.807) is 0 Å². The lowest BCUT2D eigenvalue weighted by molar-refractivity contribution is -0.0648. The van der Waals surface area contributed by atoms with Crippen LogP contribution in [0.1, 0.15) is 26.4 Å². The van der Waals surface area contributed by atoms with Crippen LogP contribution in [-0.2, 0) is 17.8 Å². The third-order valence-electron chi connectivity index (χ3n) is 4.40. The van der Waals surface area contributed by atoms with Crippen molar-refractivity contribution in [2.75, 3.05) is 31.7 Å². The molecule has 2 aliphatic heterocycles. The summed E-state index contributed by atoms with van der Waals surface area (Å²) < 4.78 is 11.8. The van der Waals surface area contributed by atoms with Gasteiger partial charge in [-0.3, -0.25) is 4.90 Å². The zero-order valence-electron chi connectivity index (χ0n) is 15.2. The average Bonchev–Trinajstić information content (AvgIpc) is 3.10. The van der Waals surface area contributed by atoms with Gasteiger partial charge in [0.2, 0.25) is 0 Å². The second-order valence-electron chi connectivity index (χ2n) is 6.23. The number of rotatable bonds is 6. The van der Waals surface area contributed by atoms with E-state index >= 15 is 0 Å². The number of benzene rings is 2. The fraction of sp³-hybridized carbons (Fsp3) is 0.429. The molecular formula is C21H30N2O2. The van der Waals surface area contributed by atoms with Gasteiger partial charge in [0.1, 0.15) is 11.9 Å². The van der Waals surface area contributed by atoms with Gasteiger partial charge in [-0.25, -0.2) is 0 Å². The summed E-state index contributed by atoms with van der Waals surface area (Å²) in [6.07, 6.45) is 1.37. The summed E-state index contributed by atoms with van der Waals surface area (Å²) in [5, 5.41) is 3.37. The van der Waals surface area contributed by atoms with Gasteiger partial charge in [0.05, 0.1) is 13.3 Å². The van der Waals surface area contributed by atoms with Crippen molar-refractivity contribution >= 4 is 5.69 Å². The van der Waals surface area contributed by atoms with E-state index in [0.717, 1.165) is 31.8 Å². The van der Waals surface area contributed by atoms with Crippen molar-refractivity contribution in [3.8, 4) is 5.75 Å². The van der Waals surface area contributed by atoms with Crippen molar-refractivity contribution in [1.82, 2.24) is 4.90 Å². The summed E-state index contributed by atoms with van der Waals surface area (Å²) in [6, 6.07) is 16.6. The predicted molar refractivity (Wildman–Crippen MR) is 104 cm³/mol. The summed E-state index contributed by atoms with van der Waals surface area (Å²) in [5.41, 5.74) is 3.83. The lowest BCUT2D eigenvalue weighted by Gasteiger charge is -2.38. The van der Waals surface area contributed by atoms with E-state index in [2.05, 4.69) is 40.5 Å². The van der Waals surface area contributed by atoms with Gasteiger partial charge >= 0.3 is 0 Å². The van der Waals surface area contributed by atoms with E-state index in [0.29, 0.717) is 13.3 Å². The monoisotopic (exact) mass is 342 g/mol. The van der Waals surface area contributed by atoms with E-state index < -0.39 is 0 Å². The lowest BCUT2D eigenvalue weighted by atomic mass is 10.1. The Morgan fingerprint density at radius 2 is 1.92 bits per heavy atom. The fourth-order valence-corrected chi connectivity index (χ4v) is 3.12. The third kappa shape index (κ3) is 4.74. The topological polar surface area (TPSA) is 33.7 Å². The molecule has 2 heterocycles. The summed E-state index contributed by atoms with van der Waals surface area (Å²) in [6.45, 7) is 8.24. The van der Waals surface area contributed by atoms with Gasteiger partial charge in [-0.05, 0) is 35.7 Å². The molecule has 0 unspecified atom stereocenters. The van der Waals surface area contributed by atoms with Crippen LogP contribution in [0, 0.1) is 0 Å². The van der Waals surface area contributed by atoms with E-state index in [9.17, 15) is 0 Å². The van der Waals surface area contributed by atoms with Gasteiger partial charge in [0, 0.05) is 26.7 Å². The summed E-state index contributed by atoms with van der Waals surface area (Å²) in [5.74, 6) is 0.988.